The fourth-order valence-electron chi connectivity index (χ4n) is 4.02. The maximum absolute atomic E-state index is 12.4. The summed E-state index contributed by atoms with van der Waals surface area (Å²) in [6.45, 7) is 2.41. The first kappa shape index (κ1) is 25.2. The highest BCUT2D eigenvalue weighted by atomic mass is 16.5. The van der Waals surface area contributed by atoms with Crippen molar-refractivity contribution in [3.63, 3.8) is 0 Å². The van der Waals surface area contributed by atoms with Gasteiger partial charge in [-0.15, -0.1) is 0 Å². The van der Waals surface area contributed by atoms with Crippen LogP contribution in [0, 0.1) is 0 Å². The van der Waals surface area contributed by atoms with Crippen molar-refractivity contribution in [1.82, 2.24) is 10.6 Å². The molecule has 9 nitrogen and oxygen atoms in total. The molecule has 0 bridgehead atoms. The number of carboxylic acids is 1. The van der Waals surface area contributed by atoms with Crippen molar-refractivity contribution in [3.05, 3.63) is 59.7 Å². The Morgan fingerprint density at radius 3 is 2.21 bits per heavy atom. The van der Waals surface area contributed by atoms with Crippen molar-refractivity contribution < 1.29 is 34.1 Å². The monoisotopic (exact) mass is 470 g/mol. The van der Waals surface area contributed by atoms with Crippen LogP contribution in [0.3, 0.4) is 0 Å². The number of carboxylic acid groups (broad SMARTS) is 1. The van der Waals surface area contributed by atoms with E-state index in [0.717, 1.165) is 22.3 Å². The average molecular weight is 471 g/mol. The van der Waals surface area contributed by atoms with E-state index in [1.165, 1.54) is 0 Å². The van der Waals surface area contributed by atoms with Gasteiger partial charge >= 0.3 is 12.1 Å². The van der Waals surface area contributed by atoms with E-state index in [9.17, 15) is 19.5 Å². The summed E-state index contributed by atoms with van der Waals surface area (Å²) < 4.78 is 11.0. The second kappa shape index (κ2) is 12.2. The van der Waals surface area contributed by atoms with Crippen LogP contribution < -0.4 is 10.6 Å². The van der Waals surface area contributed by atoms with Gasteiger partial charge in [0.05, 0.1) is 12.5 Å². The number of aliphatic hydroxyl groups excluding tert-OH is 1. The smallest absolute Gasteiger partial charge is 0.407 e. The summed E-state index contributed by atoms with van der Waals surface area (Å²) in [7, 11) is 0. The third-order valence-corrected chi connectivity index (χ3v) is 5.66. The van der Waals surface area contributed by atoms with E-state index in [-0.39, 0.29) is 44.4 Å². The predicted molar refractivity (Wildman–Crippen MR) is 124 cm³/mol. The highest BCUT2D eigenvalue weighted by Crippen LogP contribution is 2.44. The number of carbonyl (C=O) groups is 3. The molecular formula is C25H30N2O7. The lowest BCUT2D eigenvalue weighted by molar-refractivity contribution is -0.147. The number of carbonyl (C=O) groups excluding carboxylic acids is 2. The molecule has 2 aromatic carbocycles. The number of aliphatic carboxylic acids is 1. The molecule has 2 atom stereocenters. The summed E-state index contributed by atoms with van der Waals surface area (Å²) >= 11 is 0. The molecule has 0 saturated carbocycles. The van der Waals surface area contributed by atoms with Gasteiger partial charge < -0.3 is 30.3 Å². The maximum atomic E-state index is 12.4. The Balaban J connectivity index is 1.47. The first-order chi connectivity index (χ1) is 16.4. The molecule has 9 heteroatoms. The summed E-state index contributed by atoms with van der Waals surface area (Å²) in [6, 6.07) is 16.1. The lowest BCUT2D eigenvalue weighted by atomic mass is 9.98. The number of nitrogens with one attached hydrogen (secondary N) is 2. The molecular weight excluding hydrogens is 440 g/mol. The number of hydrogen-bond acceptors (Lipinski definition) is 6. The van der Waals surface area contributed by atoms with E-state index >= 15 is 0 Å². The van der Waals surface area contributed by atoms with E-state index in [1.807, 2.05) is 36.4 Å². The van der Waals surface area contributed by atoms with Crippen LogP contribution in [0.15, 0.2) is 48.5 Å². The molecule has 0 heterocycles. The van der Waals surface area contributed by atoms with E-state index in [0.29, 0.717) is 6.61 Å². The fraction of sp³-hybridized carbons (Fsp3) is 0.400. The van der Waals surface area contributed by atoms with Crippen molar-refractivity contribution in [3.8, 4) is 11.1 Å². The van der Waals surface area contributed by atoms with Crippen LogP contribution in [0.4, 0.5) is 4.79 Å². The molecule has 0 aromatic heterocycles. The van der Waals surface area contributed by atoms with Crippen LogP contribution in [0.25, 0.3) is 11.1 Å². The Morgan fingerprint density at radius 2 is 1.62 bits per heavy atom. The van der Waals surface area contributed by atoms with Gasteiger partial charge in [0, 0.05) is 32.0 Å². The van der Waals surface area contributed by atoms with Gasteiger partial charge in [-0.25, -0.2) is 9.59 Å². The van der Waals surface area contributed by atoms with Gasteiger partial charge in [-0.1, -0.05) is 48.5 Å². The van der Waals surface area contributed by atoms with Crippen molar-refractivity contribution in [2.24, 2.45) is 0 Å². The summed E-state index contributed by atoms with van der Waals surface area (Å²) in [5, 5.41) is 23.1. The average Bonchev–Trinajstić information content (AvgIpc) is 3.15. The quantitative estimate of drug-likeness (QED) is 0.374. The molecule has 1 aliphatic rings. The van der Waals surface area contributed by atoms with Gasteiger partial charge in [-0.05, 0) is 29.2 Å². The number of aliphatic hydroxyl groups is 1. The maximum Gasteiger partial charge on any atom is 0.407 e. The van der Waals surface area contributed by atoms with Gasteiger partial charge in [0.1, 0.15) is 6.61 Å². The summed E-state index contributed by atoms with van der Waals surface area (Å²) in [6.07, 6.45) is -2.83. The van der Waals surface area contributed by atoms with Crippen LogP contribution >= 0.6 is 0 Å². The van der Waals surface area contributed by atoms with Crippen LogP contribution in [0.2, 0.25) is 0 Å². The van der Waals surface area contributed by atoms with Crippen LogP contribution in [0.1, 0.15) is 36.8 Å². The lowest BCUT2D eigenvalue weighted by Crippen LogP contribution is -2.38. The minimum atomic E-state index is -1.53. The van der Waals surface area contributed by atoms with Gasteiger partial charge in [-0.3, -0.25) is 4.79 Å². The first-order valence-corrected chi connectivity index (χ1v) is 11.3. The molecule has 1 unspecified atom stereocenters. The molecule has 4 N–H and O–H groups in total. The molecule has 34 heavy (non-hydrogen) atoms. The standard InChI is InChI=1S/C25H30N2O7/c1-2-33-16(13-23(29)26-12-11-22(28)24(30)31)14-27-25(32)34-15-21-19-9-5-3-7-17(19)18-8-4-6-10-20(18)21/h3-10,16,21-22,28H,2,11-15H2,1H3,(H,26,29)(H,27,32)(H,30,31)/t16?,22-/m0/s1. The Labute approximate surface area is 198 Å². The van der Waals surface area contributed by atoms with Crippen molar-refractivity contribution in [2.75, 3.05) is 26.3 Å². The molecule has 1 aliphatic carbocycles. The minimum absolute atomic E-state index is 0.0188. The highest BCUT2D eigenvalue weighted by Gasteiger charge is 2.29. The van der Waals surface area contributed by atoms with E-state index < -0.39 is 24.3 Å². The molecule has 3 rings (SSSR count). The Morgan fingerprint density at radius 1 is 1.00 bits per heavy atom. The van der Waals surface area contributed by atoms with Crippen LogP contribution in [0.5, 0.6) is 0 Å². The molecule has 182 valence electrons. The van der Waals surface area contributed by atoms with Gasteiger partial charge in [-0.2, -0.15) is 0 Å². The number of ether oxygens (including phenoxy) is 2. The Bertz CT molecular complexity index is 965. The topological polar surface area (TPSA) is 134 Å². The summed E-state index contributed by atoms with van der Waals surface area (Å²) in [5.74, 6) is -1.76. The van der Waals surface area contributed by atoms with Crippen LogP contribution in [-0.2, 0) is 19.1 Å². The first-order valence-electron chi connectivity index (χ1n) is 11.3. The van der Waals surface area contributed by atoms with Gasteiger partial charge in [0.25, 0.3) is 0 Å². The second-order valence-corrected chi connectivity index (χ2v) is 7.98. The fourth-order valence-corrected chi connectivity index (χ4v) is 4.02. The normalized spacial score (nSPS) is 13.9. The molecule has 0 saturated heterocycles. The molecule has 0 fully saturated rings. The predicted octanol–water partition coefficient (Wildman–Crippen LogP) is 2.27. The number of rotatable bonds is 12. The third-order valence-electron chi connectivity index (χ3n) is 5.66. The second-order valence-electron chi connectivity index (χ2n) is 7.98. The van der Waals surface area contributed by atoms with Gasteiger partial charge in [0.15, 0.2) is 6.10 Å². The number of benzene rings is 2. The zero-order chi connectivity index (χ0) is 24.5. The molecule has 2 aromatic rings. The van der Waals surface area contributed by atoms with E-state index in [2.05, 4.69) is 22.8 Å². The van der Waals surface area contributed by atoms with Crippen LogP contribution in [-0.4, -0.2) is 66.7 Å². The van der Waals surface area contributed by atoms with E-state index in [4.69, 9.17) is 14.6 Å². The lowest BCUT2D eigenvalue weighted by Gasteiger charge is -2.18. The third kappa shape index (κ3) is 6.55. The summed E-state index contributed by atoms with van der Waals surface area (Å²) in [5.41, 5.74) is 4.53. The minimum Gasteiger partial charge on any atom is -0.479 e. The van der Waals surface area contributed by atoms with Crippen molar-refractivity contribution >= 4 is 18.0 Å². The molecule has 2 amide bonds. The molecule has 0 aliphatic heterocycles. The van der Waals surface area contributed by atoms with Crippen molar-refractivity contribution in [1.29, 1.82) is 0 Å². The SMILES string of the molecule is CCOC(CNC(=O)OCC1c2ccccc2-c2ccccc21)CC(=O)NCC[C@H](O)C(=O)O. The Hall–Kier alpha value is -3.43. The number of fused-ring (bicyclic) bond motifs is 3. The molecule has 0 spiro atoms. The van der Waals surface area contributed by atoms with Gasteiger partial charge in [0.2, 0.25) is 5.91 Å². The largest absolute Gasteiger partial charge is 0.479 e. The number of alkyl carbamates (subject to hydrolysis) is 1. The zero-order valence-corrected chi connectivity index (χ0v) is 19.0. The Kier molecular flexibility index (Phi) is 9.00. The van der Waals surface area contributed by atoms with E-state index in [1.54, 1.807) is 6.92 Å². The zero-order valence-electron chi connectivity index (χ0n) is 19.0. The summed E-state index contributed by atoms with van der Waals surface area (Å²) in [4.78, 5) is 35.1. The van der Waals surface area contributed by atoms with Crippen molar-refractivity contribution in [2.45, 2.75) is 37.9 Å². The number of hydrogen-bond donors (Lipinski definition) is 4. The molecule has 0 radical (unpaired) electrons. The highest BCUT2D eigenvalue weighted by molar-refractivity contribution is 5.79. The number of amides is 2.